The highest BCUT2D eigenvalue weighted by Crippen LogP contribution is 2.26. The van der Waals surface area contributed by atoms with Crippen LogP contribution >= 0.6 is 11.3 Å². The first-order valence-electron chi connectivity index (χ1n) is 6.49. The highest BCUT2D eigenvalue weighted by atomic mass is 32.1. The van der Waals surface area contributed by atoms with Gasteiger partial charge in [0.25, 0.3) is 5.91 Å². The van der Waals surface area contributed by atoms with Crippen molar-refractivity contribution in [2.75, 3.05) is 33.9 Å². The third kappa shape index (κ3) is 3.80. The zero-order chi connectivity index (χ0) is 15.2. The smallest absolute Gasteiger partial charge is 0.325 e. The highest BCUT2D eigenvalue weighted by Gasteiger charge is 2.20. The molecule has 1 heterocycles. The molecule has 112 valence electrons. The molecule has 0 bridgehead atoms. The van der Waals surface area contributed by atoms with Crippen molar-refractivity contribution in [1.29, 1.82) is 0 Å². The van der Waals surface area contributed by atoms with Gasteiger partial charge in [-0.3, -0.25) is 9.59 Å². The van der Waals surface area contributed by atoms with Gasteiger partial charge in [0.15, 0.2) is 0 Å². The van der Waals surface area contributed by atoms with Gasteiger partial charge in [0.2, 0.25) is 0 Å². The van der Waals surface area contributed by atoms with Crippen molar-refractivity contribution in [3.8, 4) is 0 Å². The summed E-state index contributed by atoms with van der Waals surface area (Å²) in [5, 5.41) is 1.02. The number of hydrogen-bond acceptors (Lipinski definition) is 5. The molecule has 1 amide bonds. The van der Waals surface area contributed by atoms with E-state index in [2.05, 4.69) is 4.74 Å². The van der Waals surface area contributed by atoms with Gasteiger partial charge in [-0.1, -0.05) is 18.2 Å². The fourth-order valence-corrected chi connectivity index (χ4v) is 2.95. The van der Waals surface area contributed by atoms with Crippen LogP contribution in [0.15, 0.2) is 30.3 Å². The Morgan fingerprint density at radius 2 is 2.00 bits per heavy atom. The SMILES string of the molecule is COCCN(CC(=O)OC)C(=O)c1cc2ccccc2s1. The van der Waals surface area contributed by atoms with Crippen LogP contribution in [-0.4, -0.2) is 50.7 Å². The predicted molar refractivity (Wildman–Crippen MR) is 81.6 cm³/mol. The second kappa shape index (κ2) is 7.19. The number of ether oxygens (including phenoxy) is 2. The van der Waals surface area contributed by atoms with Gasteiger partial charge < -0.3 is 14.4 Å². The first kappa shape index (κ1) is 15.5. The average molecular weight is 307 g/mol. The van der Waals surface area contributed by atoms with E-state index in [1.165, 1.54) is 23.3 Å². The van der Waals surface area contributed by atoms with Crippen LogP contribution < -0.4 is 0 Å². The molecule has 21 heavy (non-hydrogen) atoms. The van der Waals surface area contributed by atoms with E-state index >= 15 is 0 Å². The van der Waals surface area contributed by atoms with Gasteiger partial charge in [0.1, 0.15) is 6.54 Å². The molecule has 0 saturated heterocycles. The standard InChI is InChI=1S/C15H17NO4S/c1-19-8-7-16(10-14(17)20-2)15(18)13-9-11-5-3-4-6-12(11)21-13/h3-6,9H,7-8,10H2,1-2H3. The highest BCUT2D eigenvalue weighted by molar-refractivity contribution is 7.20. The zero-order valence-corrected chi connectivity index (χ0v) is 12.8. The summed E-state index contributed by atoms with van der Waals surface area (Å²) >= 11 is 1.42. The lowest BCUT2D eigenvalue weighted by Crippen LogP contribution is -2.38. The molecular weight excluding hydrogens is 290 g/mol. The zero-order valence-electron chi connectivity index (χ0n) is 12.0. The predicted octanol–water partition coefficient (Wildman–Crippen LogP) is 2.16. The second-order valence-electron chi connectivity index (χ2n) is 4.44. The molecule has 0 spiro atoms. The number of carbonyl (C=O) groups is 2. The summed E-state index contributed by atoms with van der Waals surface area (Å²) in [7, 11) is 2.86. The van der Waals surface area contributed by atoms with Gasteiger partial charge in [-0.15, -0.1) is 11.3 Å². The number of hydrogen-bond donors (Lipinski definition) is 0. The number of carbonyl (C=O) groups excluding carboxylic acids is 2. The molecule has 2 aromatic rings. The van der Waals surface area contributed by atoms with Gasteiger partial charge in [-0.25, -0.2) is 0 Å². The summed E-state index contributed by atoms with van der Waals surface area (Å²) in [5.74, 6) is -0.626. The summed E-state index contributed by atoms with van der Waals surface area (Å²) in [6.07, 6.45) is 0. The monoisotopic (exact) mass is 307 g/mol. The van der Waals surface area contributed by atoms with Crippen molar-refractivity contribution in [3.05, 3.63) is 35.2 Å². The Kier molecular flexibility index (Phi) is 5.30. The summed E-state index contributed by atoms with van der Waals surface area (Å²) in [5.41, 5.74) is 0. The van der Waals surface area contributed by atoms with E-state index in [0.717, 1.165) is 10.1 Å². The lowest BCUT2D eigenvalue weighted by molar-refractivity contribution is -0.141. The van der Waals surface area contributed by atoms with Crippen LogP contribution in [0.1, 0.15) is 9.67 Å². The van der Waals surface area contributed by atoms with Gasteiger partial charge >= 0.3 is 5.97 Å². The number of esters is 1. The van der Waals surface area contributed by atoms with Crippen LogP contribution in [0.25, 0.3) is 10.1 Å². The molecule has 5 nitrogen and oxygen atoms in total. The number of methoxy groups -OCH3 is 2. The summed E-state index contributed by atoms with van der Waals surface area (Å²) in [6.45, 7) is 0.638. The Morgan fingerprint density at radius 1 is 1.24 bits per heavy atom. The molecule has 0 atom stereocenters. The van der Waals surface area contributed by atoms with Crippen LogP contribution in [0.4, 0.5) is 0 Å². The minimum Gasteiger partial charge on any atom is -0.468 e. The first-order chi connectivity index (χ1) is 10.2. The molecule has 0 N–H and O–H groups in total. The molecule has 0 aliphatic carbocycles. The van der Waals surface area contributed by atoms with E-state index in [0.29, 0.717) is 18.0 Å². The number of rotatable bonds is 6. The molecule has 0 aliphatic rings. The lowest BCUT2D eigenvalue weighted by Gasteiger charge is -2.20. The van der Waals surface area contributed by atoms with E-state index in [1.807, 2.05) is 30.3 Å². The fraction of sp³-hybridized carbons (Fsp3) is 0.333. The molecule has 0 fully saturated rings. The normalized spacial score (nSPS) is 10.6. The third-order valence-corrected chi connectivity index (χ3v) is 4.14. The molecule has 2 rings (SSSR count). The summed E-state index contributed by atoms with van der Waals surface area (Å²) < 4.78 is 10.7. The van der Waals surface area contributed by atoms with Crippen molar-refractivity contribution in [3.63, 3.8) is 0 Å². The number of benzene rings is 1. The number of thiophene rings is 1. The van der Waals surface area contributed by atoms with E-state index < -0.39 is 5.97 Å². The Balaban J connectivity index is 2.21. The maximum atomic E-state index is 12.5. The van der Waals surface area contributed by atoms with Crippen LogP contribution in [0.5, 0.6) is 0 Å². The Labute approximate surface area is 127 Å². The van der Waals surface area contributed by atoms with Crippen molar-refractivity contribution >= 4 is 33.3 Å². The largest absolute Gasteiger partial charge is 0.468 e. The van der Waals surface area contributed by atoms with E-state index in [9.17, 15) is 9.59 Å². The van der Waals surface area contributed by atoms with Crippen molar-refractivity contribution < 1.29 is 19.1 Å². The molecular formula is C15H17NO4S. The van der Waals surface area contributed by atoms with Gasteiger partial charge in [-0.2, -0.15) is 0 Å². The molecule has 0 saturated carbocycles. The minimum absolute atomic E-state index is 0.0764. The van der Waals surface area contributed by atoms with Crippen molar-refractivity contribution in [1.82, 2.24) is 4.90 Å². The van der Waals surface area contributed by atoms with Gasteiger partial charge in [0.05, 0.1) is 18.6 Å². The van der Waals surface area contributed by atoms with Crippen molar-refractivity contribution in [2.45, 2.75) is 0 Å². The maximum absolute atomic E-state index is 12.5. The molecule has 0 unspecified atom stereocenters. The molecule has 1 aromatic heterocycles. The number of amides is 1. The summed E-state index contributed by atoms with van der Waals surface area (Å²) in [6, 6.07) is 9.64. The molecule has 0 aliphatic heterocycles. The number of nitrogens with zero attached hydrogens (tertiary/aromatic N) is 1. The fourth-order valence-electron chi connectivity index (χ4n) is 1.92. The van der Waals surface area contributed by atoms with Crippen LogP contribution in [-0.2, 0) is 14.3 Å². The Bertz CT molecular complexity index is 604. The third-order valence-electron chi connectivity index (χ3n) is 3.04. The minimum atomic E-state index is -0.444. The van der Waals surface area contributed by atoms with E-state index in [1.54, 1.807) is 7.11 Å². The van der Waals surface area contributed by atoms with Gasteiger partial charge in [0, 0.05) is 18.4 Å². The maximum Gasteiger partial charge on any atom is 0.325 e. The van der Waals surface area contributed by atoms with Crippen LogP contribution in [0.2, 0.25) is 0 Å². The van der Waals surface area contributed by atoms with Gasteiger partial charge in [-0.05, 0) is 17.5 Å². The topological polar surface area (TPSA) is 55.8 Å². The van der Waals surface area contributed by atoms with Crippen LogP contribution in [0, 0.1) is 0 Å². The van der Waals surface area contributed by atoms with E-state index in [-0.39, 0.29) is 12.5 Å². The average Bonchev–Trinajstić information content (AvgIpc) is 2.94. The van der Waals surface area contributed by atoms with Crippen molar-refractivity contribution in [2.24, 2.45) is 0 Å². The number of fused-ring (bicyclic) bond motifs is 1. The lowest BCUT2D eigenvalue weighted by atomic mass is 10.2. The Hall–Kier alpha value is -1.92. The van der Waals surface area contributed by atoms with E-state index in [4.69, 9.17) is 4.74 Å². The quantitative estimate of drug-likeness (QED) is 0.768. The molecule has 1 aromatic carbocycles. The van der Waals surface area contributed by atoms with Crippen LogP contribution in [0.3, 0.4) is 0 Å². The Morgan fingerprint density at radius 3 is 2.67 bits per heavy atom. The summed E-state index contributed by atoms with van der Waals surface area (Å²) in [4.78, 5) is 26.0. The first-order valence-corrected chi connectivity index (χ1v) is 7.31. The molecule has 0 radical (unpaired) electrons. The second-order valence-corrected chi connectivity index (χ2v) is 5.53. The molecule has 6 heteroatoms.